The minimum atomic E-state index is -5.31. The molecule has 1 aromatic rings. The number of amides is 1. The fourth-order valence-corrected chi connectivity index (χ4v) is 2.31. The normalized spacial score (nSPS) is 16.8. The van der Waals surface area contributed by atoms with E-state index in [1.807, 2.05) is 0 Å². The average Bonchev–Trinajstić information content (AvgIpc) is 3.52. The number of ether oxygens (including phenoxy) is 2. The Hall–Kier alpha value is -3.12. The molecule has 0 bridgehead atoms. The number of nitrogens with one attached hydrogen (secondary N) is 2. The fourth-order valence-electron chi connectivity index (χ4n) is 2.31. The molecular formula is C19H22F3N3O6. The van der Waals surface area contributed by atoms with E-state index in [0.29, 0.717) is 11.4 Å². The second-order valence-corrected chi connectivity index (χ2v) is 6.94. The fraction of sp³-hybridized carbons (Fsp3) is 0.421. The number of hydrogen-bond acceptors (Lipinski definition) is 8. The van der Waals surface area contributed by atoms with Crippen LogP contribution in [0.5, 0.6) is 5.75 Å². The first-order valence-electron chi connectivity index (χ1n) is 9.11. The Morgan fingerprint density at radius 1 is 1.16 bits per heavy atom. The van der Waals surface area contributed by atoms with E-state index >= 15 is 0 Å². The molecule has 2 atom stereocenters. The van der Waals surface area contributed by atoms with E-state index in [1.165, 1.54) is 19.3 Å². The third-order valence-electron chi connectivity index (χ3n) is 4.17. The van der Waals surface area contributed by atoms with Crippen molar-refractivity contribution in [3.63, 3.8) is 0 Å². The molecule has 1 aliphatic carbocycles. The number of methoxy groups -OCH3 is 1. The van der Waals surface area contributed by atoms with Crippen LogP contribution < -0.4 is 21.3 Å². The van der Waals surface area contributed by atoms with Gasteiger partial charge >= 0.3 is 18.1 Å². The predicted molar refractivity (Wildman–Crippen MR) is 101 cm³/mol. The molecule has 1 fully saturated rings. The molecule has 0 aliphatic heterocycles. The number of esters is 1. The van der Waals surface area contributed by atoms with Crippen LogP contribution in [0.4, 0.5) is 18.9 Å². The summed E-state index contributed by atoms with van der Waals surface area (Å²) >= 11 is 0. The largest absolute Gasteiger partial charge is 0.497 e. The van der Waals surface area contributed by atoms with E-state index in [9.17, 15) is 27.6 Å². The van der Waals surface area contributed by atoms with Crippen LogP contribution in [0.1, 0.15) is 19.8 Å². The molecule has 1 aliphatic rings. The summed E-state index contributed by atoms with van der Waals surface area (Å²) in [4.78, 5) is 39.6. The quantitative estimate of drug-likeness (QED) is 0.227. The van der Waals surface area contributed by atoms with Gasteiger partial charge in [0.2, 0.25) is 5.91 Å². The number of hydroxylamine groups is 1. The molecule has 0 aromatic heterocycles. The monoisotopic (exact) mass is 445 g/mol. The molecule has 0 spiro atoms. The van der Waals surface area contributed by atoms with E-state index in [1.54, 1.807) is 24.3 Å². The summed E-state index contributed by atoms with van der Waals surface area (Å²) in [5, 5.41) is 2.63. The van der Waals surface area contributed by atoms with Crippen molar-refractivity contribution in [3.8, 4) is 5.75 Å². The standard InChI is InChI=1S/C19H22F3N3O6/c1-18(23,30-17(28)19(20,21)22)16(27)31-25-14(11-3-4-11)9-10-15(26)24-12-5-7-13(29-2)8-6-12/h5-11,14,25H,3-4,23H2,1-2H3,(H,24,26)/b10-9+/t14-,18+/m1/s1. The Morgan fingerprint density at radius 2 is 1.77 bits per heavy atom. The summed E-state index contributed by atoms with van der Waals surface area (Å²) in [6.45, 7) is 0.755. The molecule has 4 N–H and O–H groups in total. The lowest BCUT2D eigenvalue weighted by Crippen LogP contribution is -2.53. The molecule has 0 heterocycles. The van der Waals surface area contributed by atoms with Gasteiger partial charge in [-0.1, -0.05) is 6.08 Å². The Bertz CT molecular complexity index is 835. The number of rotatable bonds is 9. The Labute approximate surface area is 175 Å². The number of anilines is 1. The molecule has 31 heavy (non-hydrogen) atoms. The zero-order valence-corrected chi connectivity index (χ0v) is 16.7. The second kappa shape index (κ2) is 9.79. The third-order valence-corrected chi connectivity index (χ3v) is 4.17. The van der Waals surface area contributed by atoms with Crippen LogP contribution in [-0.2, 0) is 24.0 Å². The summed E-state index contributed by atoms with van der Waals surface area (Å²) in [7, 11) is 1.52. The first-order valence-corrected chi connectivity index (χ1v) is 9.11. The molecule has 0 radical (unpaired) electrons. The van der Waals surface area contributed by atoms with Gasteiger partial charge in [0.25, 0.3) is 5.72 Å². The van der Waals surface area contributed by atoms with Crippen LogP contribution in [0.25, 0.3) is 0 Å². The minimum Gasteiger partial charge on any atom is -0.497 e. The van der Waals surface area contributed by atoms with E-state index in [4.69, 9.17) is 15.3 Å². The van der Waals surface area contributed by atoms with Crippen LogP contribution >= 0.6 is 0 Å². The molecule has 2 rings (SSSR count). The number of halogens is 3. The maximum Gasteiger partial charge on any atom is 0.491 e. The van der Waals surface area contributed by atoms with Crippen molar-refractivity contribution in [2.75, 3.05) is 12.4 Å². The van der Waals surface area contributed by atoms with Crippen LogP contribution in [0.2, 0.25) is 0 Å². The molecular weight excluding hydrogens is 423 g/mol. The van der Waals surface area contributed by atoms with E-state index in [0.717, 1.165) is 19.8 Å². The van der Waals surface area contributed by atoms with Crippen molar-refractivity contribution in [2.45, 2.75) is 37.7 Å². The van der Waals surface area contributed by atoms with Crippen LogP contribution in [-0.4, -0.2) is 42.9 Å². The van der Waals surface area contributed by atoms with Gasteiger partial charge in [-0.2, -0.15) is 13.2 Å². The molecule has 1 saturated carbocycles. The lowest BCUT2D eigenvalue weighted by molar-refractivity contribution is -0.219. The maximum atomic E-state index is 12.3. The highest BCUT2D eigenvalue weighted by atomic mass is 19.4. The summed E-state index contributed by atoms with van der Waals surface area (Å²) in [5.41, 5.74) is 5.53. The highest BCUT2D eigenvalue weighted by molar-refractivity contribution is 5.99. The molecule has 12 heteroatoms. The first kappa shape index (κ1) is 24.2. The number of hydrogen-bond donors (Lipinski definition) is 3. The molecule has 170 valence electrons. The maximum absolute atomic E-state index is 12.3. The molecule has 1 amide bonds. The summed E-state index contributed by atoms with van der Waals surface area (Å²) in [5.74, 6) is -3.84. The van der Waals surface area contributed by atoms with Crippen molar-refractivity contribution in [1.29, 1.82) is 0 Å². The number of benzene rings is 1. The van der Waals surface area contributed by atoms with Gasteiger partial charge < -0.3 is 19.6 Å². The zero-order valence-electron chi connectivity index (χ0n) is 16.7. The lowest BCUT2D eigenvalue weighted by Gasteiger charge is -2.24. The topological polar surface area (TPSA) is 129 Å². The number of carbonyl (C=O) groups is 3. The molecule has 9 nitrogen and oxygen atoms in total. The summed E-state index contributed by atoms with van der Waals surface area (Å²) in [6, 6.07) is 6.03. The highest BCUT2D eigenvalue weighted by Gasteiger charge is 2.47. The summed E-state index contributed by atoms with van der Waals surface area (Å²) in [6.07, 6.45) is -1.09. The van der Waals surface area contributed by atoms with Gasteiger partial charge in [0.05, 0.1) is 13.2 Å². The van der Waals surface area contributed by atoms with Gasteiger partial charge in [-0.3, -0.25) is 10.5 Å². The van der Waals surface area contributed by atoms with Gasteiger partial charge in [0.1, 0.15) is 5.75 Å². The van der Waals surface area contributed by atoms with Gasteiger partial charge in [-0.15, -0.1) is 5.48 Å². The van der Waals surface area contributed by atoms with E-state index in [-0.39, 0.29) is 5.92 Å². The Kier molecular flexibility index (Phi) is 7.63. The first-order chi connectivity index (χ1) is 14.4. The van der Waals surface area contributed by atoms with Crippen molar-refractivity contribution >= 4 is 23.5 Å². The van der Waals surface area contributed by atoms with Crippen LogP contribution in [0.3, 0.4) is 0 Å². The van der Waals surface area contributed by atoms with E-state index < -0.39 is 35.8 Å². The second-order valence-electron chi connectivity index (χ2n) is 6.94. The summed E-state index contributed by atoms with van der Waals surface area (Å²) < 4.78 is 45.9. The van der Waals surface area contributed by atoms with Crippen LogP contribution in [0, 0.1) is 5.92 Å². The van der Waals surface area contributed by atoms with Gasteiger partial charge in [0, 0.05) is 18.7 Å². The van der Waals surface area contributed by atoms with Crippen molar-refractivity contribution in [3.05, 3.63) is 36.4 Å². The zero-order chi connectivity index (χ0) is 23.2. The van der Waals surface area contributed by atoms with E-state index in [2.05, 4.69) is 15.5 Å². The third kappa shape index (κ3) is 7.57. The van der Waals surface area contributed by atoms with Crippen molar-refractivity contribution in [2.24, 2.45) is 11.7 Å². The van der Waals surface area contributed by atoms with Crippen LogP contribution in [0.15, 0.2) is 36.4 Å². The average molecular weight is 445 g/mol. The molecule has 0 unspecified atom stereocenters. The SMILES string of the molecule is COc1ccc(NC(=O)/C=C/[C@@H](NOC(=O)[C@@](C)(N)OC(=O)C(F)(F)F)C2CC2)cc1. The molecule has 0 saturated heterocycles. The predicted octanol–water partition coefficient (Wildman–Crippen LogP) is 1.80. The minimum absolute atomic E-state index is 0.0413. The van der Waals surface area contributed by atoms with Gasteiger partial charge in [-0.25, -0.2) is 9.59 Å². The molecule has 1 aromatic carbocycles. The number of nitrogens with two attached hydrogens (primary N) is 1. The van der Waals surface area contributed by atoms with Crippen molar-refractivity contribution in [1.82, 2.24) is 5.48 Å². The van der Waals surface area contributed by atoms with Gasteiger partial charge in [0.15, 0.2) is 0 Å². The Morgan fingerprint density at radius 3 is 2.29 bits per heavy atom. The van der Waals surface area contributed by atoms with Crippen molar-refractivity contribution < 1.29 is 41.9 Å². The number of carbonyl (C=O) groups excluding carboxylic acids is 3. The Balaban J connectivity index is 1.90. The number of alkyl halides is 3. The highest BCUT2D eigenvalue weighted by Crippen LogP contribution is 2.33. The smallest absolute Gasteiger partial charge is 0.491 e. The lowest BCUT2D eigenvalue weighted by atomic mass is 10.2. The van der Waals surface area contributed by atoms with Gasteiger partial charge in [-0.05, 0) is 43.0 Å².